The van der Waals surface area contributed by atoms with Crippen LogP contribution in [0, 0.1) is 12.8 Å². The second kappa shape index (κ2) is 3.87. The predicted molar refractivity (Wildman–Crippen MR) is 50.3 cm³/mol. The molecule has 0 saturated heterocycles. The third-order valence-electron chi connectivity index (χ3n) is 1.98. The van der Waals surface area contributed by atoms with Crippen LogP contribution in [0.15, 0.2) is 4.42 Å². The van der Waals surface area contributed by atoms with Gasteiger partial charge in [0.15, 0.2) is 0 Å². The fourth-order valence-electron chi connectivity index (χ4n) is 1.53. The van der Waals surface area contributed by atoms with Crippen molar-refractivity contribution in [2.24, 2.45) is 5.92 Å². The predicted octanol–water partition coefficient (Wildman–Crippen LogP) is 1.64. The summed E-state index contributed by atoms with van der Waals surface area (Å²) in [6.45, 7) is 6.10. The maximum atomic E-state index is 5.40. The molecule has 0 bridgehead atoms. The molecule has 0 aliphatic carbocycles. The Morgan fingerprint density at radius 2 is 1.85 bits per heavy atom. The Labute approximate surface area is 78.9 Å². The summed E-state index contributed by atoms with van der Waals surface area (Å²) in [5.41, 5.74) is 0. The van der Waals surface area contributed by atoms with Gasteiger partial charge in [-0.1, -0.05) is 13.8 Å². The molecule has 4 heteroatoms. The van der Waals surface area contributed by atoms with Gasteiger partial charge in [-0.3, -0.25) is 4.90 Å². The second-order valence-corrected chi connectivity index (χ2v) is 3.81. The molecule has 0 aliphatic heterocycles. The van der Waals surface area contributed by atoms with Crippen LogP contribution in [0.1, 0.15) is 31.7 Å². The minimum atomic E-state index is 0.209. The Morgan fingerprint density at radius 3 is 2.15 bits per heavy atom. The molecule has 1 heterocycles. The van der Waals surface area contributed by atoms with Gasteiger partial charge < -0.3 is 4.42 Å². The number of rotatable bonds is 3. The zero-order valence-corrected chi connectivity index (χ0v) is 8.90. The summed E-state index contributed by atoms with van der Waals surface area (Å²) in [6.07, 6.45) is 0. The molecule has 0 aliphatic rings. The van der Waals surface area contributed by atoms with Crippen molar-refractivity contribution in [3.05, 3.63) is 11.8 Å². The van der Waals surface area contributed by atoms with Crippen LogP contribution in [-0.4, -0.2) is 29.2 Å². The largest absolute Gasteiger partial charge is 0.424 e. The summed E-state index contributed by atoms with van der Waals surface area (Å²) in [5, 5.41) is 7.86. The second-order valence-electron chi connectivity index (χ2n) is 3.81. The van der Waals surface area contributed by atoms with Gasteiger partial charge >= 0.3 is 0 Å². The van der Waals surface area contributed by atoms with Crippen molar-refractivity contribution in [2.45, 2.75) is 26.8 Å². The van der Waals surface area contributed by atoms with Crippen molar-refractivity contribution in [3.8, 4) is 0 Å². The van der Waals surface area contributed by atoms with E-state index >= 15 is 0 Å². The van der Waals surface area contributed by atoms with E-state index in [2.05, 4.69) is 28.9 Å². The first-order valence-electron chi connectivity index (χ1n) is 4.48. The van der Waals surface area contributed by atoms with Crippen molar-refractivity contribution in [2.75, 3.05) is 14.1 Å². The van der Waals surface area contributed by atoms with Crippen LogP contribution in [0.25, 0.3) is 0 Å². The van der Waals surface area contributed by atoms with Crippen LogP contribution in [0.3, 0.4) is 0 Å². The molecule has 0 spiro atoms. The first kappa shape index (κ1) is 10.2. The van der Waals surface area contributed by atoms with Gasteiger partial charge in [0.1, 0.15) is 0 Å². The fourth-order valence-corrected chi connectivity index (χ4v) is 1.53. The van der Waals surface area contributed by atoms with Crippen LogP contribution in [0.4, 0.5) is 0 Å². The van der Waals surface area contributed by atoms with Crippen molar-refractivity contribution in [1.82, 2.24) is 15.1 Å². The van der Waals surface area contributed by atoms with Crippen LogP contribution in [0.5, 0.6) is 0 Å². The normalized spacial score (nSPS) is 14.1. The maximum Gasteiger partial charge on any atom is 0.233 e. The lowest BCUT2D eigenvalue weighted by Gasteiger charge is -2.23. The molecule has 0 radical (unpaired) electrons. The zero-order chi connectivity index (χ0) is 10.0. The summed E-state index contributed by atoms with van der Waals surface area (Å²) >= 11 is 0. The number of nitrogens with zero attached hydrogens (tertiary/aromatic N) is 3. The first-order chi connectivity index (χ1) is 6.02. The topological polar surface area (TPSA) is 42.2 Å². The monoisotopic (exact) mass is 183 g/mol. The summed E-state index contributed by atoms with van der Waals surface area (Å²) in [4.78, 5) is 2.09. The molecule has 0 saturated carbocycles. The van der Waals surface area contributed by atoms with Gasteiger partial charge in [-0.15, -0.1) is 10.2 Å². The van der Waals surface area contributed by atoms with Gasteiger partial charge in [0.05, 0.1) is 6.04 Å². The zero-order valence-electron chi connectivity index (χ0n) is 8.90. The highest BCUT2D eigenvalue weighted by Crippen LogP contribution is 2.24. The Morgan fingerprint density at radius 1 is 1.23 bits per heavy atom. The van der Waals surface area contributed by atoms with E-state index in [4.69, 9.17) is 4.42 Å². The van der Waals surface area contributed by atoms with E-state index in [9.17, 15) is 0 Å². The van der Waals surface area contributed by atoms with E-state index in [0.29, 0.717) is 17.7 Å². The lowest BCUT2D eigenvalue weighted by atomic mass is 10.0. The smallest absolute Gasteiger partial charge is 0.233 e. The number of aryl methyl sites for hydroxylation is 1. The molecule has 0 N–H and O–H groups in total. The highest BCUT2D eigenvalue weighted by atomic mass is 16.4. The summed E-state index contributed by atoms with van der Waals surface area (Å²) < 4.78 is 5.40. The van der Waals surface area contributed by atoms with E-state index in [1.54, 1.807) is 0 Å². The Bertz CT molecular complexity index is 260. The first-order valence-corrected chi connectivity index (χ1v) is 4.48. The summed E-state index contributed by atoms with van der Waals surface area (Å²) in [5.74, 6) is 1.80. The fraction of sp³-hybridized carbons (Fsp3) is 0.778. The van der Waals surface area contributed by atoms with Crippen LogP contribution < -0.4 is 0 Å². The summed E-state index contributed by atoms with van der Waals surface area (Å²) in [7, 11) is 4.04. The average molecular weight is 183 g/mol. The Balaban J connectivity index is 2.88. The van der Waals surface area contributed by atoms with Gasteiger partial charge in [-0.05, 0) is 20.0 Å². The van der Waals surface area contributed by atoms with E-state index in [-0.39, 0.29) is 6.04 Å². The molecule has 4 nitrogen and oxygen atoms in total. The minimum Gasteiger partial charge on any atom is -0.424 e. The molecule has 13 heavy (non-hydrogen) atoms. The molecule has 1 rings (SSSR count). The molecule has 1 aromatic rings. The van der Waals surface area contributed by atoms with E-state index in [1.807, 2.05) is 21.0 Å². The number of aromatic nitrogens is 2. The van der Waals surface area contributed by atoms with Crippen molar-refractivity contribution in [1.29, 1.82) is 0 Å². The third-order valence-corrected chi connectivity index (χ3v) is 1.98. The molecule has 0 aromatic carbocycles. The van der Waals surface area contributed by atoms with Crippen LogP contribution in [-0.2, 0) is 0 Å². The van der Waals surface area contributed by atoms with Gasteiger partial charge in [-0.2, -0.15) is 0 Å². The molecule has 1 atom stereocenters. The quantitative estimate of drug-likeness (QED) is 0.714. The molecule has 0 fully saturated rings. The highest BCUT2D eigenvalue weighted by molar-refractivity contribution is 4.90. The lowest BCUT2D eigenvalue weighted by molar-refractivity contribution is 0.193. The van der Waals surface area contributed by atoms with E-state index in [1.165, 1.54) is 0 Å². The summed E-state index contributed by atoms with van der Waals surface area (Å²) in [6, 6.07) is 0.209. The number of hydrogen-bond donors (Lipinski definition) is 0. The van der Waals surface area contributed by atoms with Crippen LogP contribution in [0.2, 0.25) is 0 Å². The number of hydrogen-bond acceptors (Lipinski definition) is 4. The highest BCUT2D eigenvalue weighted by Gasteiger charge is 2.23. The Hall–Kier alpha value is -0.900. The van der Waals surface area contributed by atoms with Gasteiger partial charge in [-0.25, -0.2) is 0 Å². The third kappa shape index (κ3) is 2.28. The molecular weight excluding hydrogens is 166 g/mol. The maximum absolute atomic E-state index is 5.40. The standard InChI is InChI=1S/C9H17N3O/c1-6(2)8(12(4)5)9-11-10-7(3)13-9/h6,8H,1-5H3. The van der Waals surface area contributed by atoms with E-state index < -0.39 is 0 Å². The molecule has 1 aromatic heterocycles. The lowest BCUT2D eigenvalue weighted by Crippen LogP contribution is -2.24. The SMILES string of the molecule is Cc1nnc(C(C(C)C)N(C)C)o1. The van der Waals surface area contributed by atoms with Crippen molar-refractivity contribution < 1.29 is 4.42 Å². The van der Waals surface area contributed by atoms with Gasteiger partial charge in [0.2, 0.25) is 11.8 Å². The van der Waals surface area contributed by atoms with Crippen molar-refractivity contribution in [3.63, 3.8) is 0 Å². The van der Waals surface area contributed by atoms with Crippen LogP contribution >= 0.6 is 0 Å². The van der Waals surface area contributed by atoms with Crippen molar-refractivity contribution >= 4 is 0 Å². The molecule has 1 unspecified atom stereocenters. The Kier molecular flexibility index (Phi) is 3.03. The molecule has 74 valence electrons. The molecular formula is C9H17N3O. The van der Waals surface area contributed by atoms with E-state index in [0.717, 1.165) is 0 Å². The van der Waals surface area contributed by atoms with Gasteiger partial charge in [0.25, 0.3) is 0 Å². The van der Waals surface area contributed by atoms with Gasteiger partial charge in [0, 0.05) is 6.92 Å². The average Bonchev–Trinajstić information content (AvgIpc) is 2.34. The molecule has 0 amide bonds. The minimum absolute atomic E-state index is 0.209.